The van der Waals surface area contributed by atoms with E-state index < -0.39 is 30.4 Å². The zero-order valence-electron chi connectivity index (χ0n) is 15.5. The number of alkyl halides is 3. The number of hydrogen-bond donors (Lipinski definition) is 0. The third-order valence-electron chi connectivity index (χ3n) is 4.70. The SMILES string of the molecule is CC1(C)OB(c2ccc(Oc3ccccc3)cc2OC(F)(F)F)OC1(C)C. The molecular weight excluding hydrogens is 360 g/mol. The van der Waals surface area contributed by atoms with Gasteiger partial charge in [0, 0.05) is 11.5 Å². The molecule has 0 bridgehead atoms. The standard InChI is InChI=1S/C19H20BF3O4/c1-17(2)18(3,4)27-20(26-17)15-11-10-14(12-16(15)25-19(21,22)23)24-13-8-6-5-7-9-13/h5-12H,1-4H3. The normalized spacial score (nSPS) is 18.4. The second-order valence-electron chi connectivity index (χ2n) is 7.25. The lowest BCUT2D eigenvalue weighted by molar-refractivity contribution is -0.274. The Morgan fingerprint density at radius 2 is 1.44 bits per heavy atom. The number of hydrogen-bond acceptors (Lipinski definition) is 4. The molecule has 8 heteroatoms. The van der Waals surface area contributed by atoms with Crippen LogP contribution in [0, 0.1) is 0 Å². The monoisotopic (exact) mass is 380 g/mol. The molecule has 144 valence electrons. The molecule has 0 unspecified atom stereocenters. The molecule has 0 saturated carbocycles. The quantitative estimate of drug-likeness (QED) is 0.722. The van der Waals surface area contributed by atoms with Crippen molar-refractivity contribution in [2.24, 2.45) is 0 Å². The van der Waals surface area contributed by atoms with Gasteiger partial charge in [0.05, 0.1) is 11.2 Å². The number of rotatable bonds is 4. The van der Waals surface area contributed by atoms with Crippen LogP contribution in [0.1, 0.15) is 27.7 Å². The van der Waals surface area contributed by atoms with E-state index in [0.717, 1.165) is 0 Å². The van der Waals surface area contributed by atoms with E-state index in [1.54, 1.807) is 30.3 Å². The molecule has 1 saturated heterocycles. The van der Waals surface area contributed by atoms with Crippen molar-refractivity contribution in [1.82, 2.24) is 0 Å². The molecule has 1 aliphatic rings. The van der Waals surface area contributed by atoms with E-state index in [1.165, 1.54) is 12.1 Å². The van der Waals surface area contributed by atoms with E-state index in [2.05, 4.69) is 4.74 Å². The molecule has 0 N–H and O–H groups in total. The van der Waals surface area contributed by atoms with Crippen LogP contribution in [0.5, 0.6) is 17.2 Å². The van der Waals surface area contributed by atoms with Crippen LogP contribution in [0.25, 0.3) is 0 Å². The molecule has 4 nitrogen and oxygen atoms in total. The molecule has 0 radical (unpaired) electrons. The maximum Gasteiger partial charge on any atom is 0.573 e. The first-order valence-electron chi connectivity index (χ1n) is 8.45. The van der Waals surface area contributed by atoms with Gasteiger partial charge in [-0.2, -0.15) is 0 Å². The van der Waals surface area contributed by atoms with Crippen molar-refractivity contribution in [3.05, 3.63) is 48.5 Å². The fraction of sp³-hybridized carbons (Fsp3) is 0.368. The first-order valence-corrected chi connectivity index (χ1v) is 8.45. The Hall–Kier alpha value is -2.19. The van der Waals surface area contributed by atoms with Gasteiger partial charge in [-0.15, -0.1) is 13.2 Å². The molecular formula is C19H20BF3O4. The van der Waals surface area contributed by atoms with Crippen molar-refractivity contribution in [1.29, 1.82) is 0 Å². The summed E-state index contributed by atoms with van der Waals surface area (Å²) in [4.78, 5) is 0. The summed E-state index contributed by atoms with van der Waals surface area (Å²) >= 11 is 0. The zero-order valence-corrected chi connectivity index (χ0v) is 15.5. The summed E-state index contributed by atoms with van der Waals surface area (Å²) in [6.07, 6.45) is -4.86. The molecule has 0 atom stereocenters. The molecule has 0 aliphatic carbocycles. The van der Waals surface area contributed by atoms with Crippen LogP contribution in [0.2, 0.25) is 0 Å². The zero-order chi connectivity index (χ0) is 19.9. The summed E-state index contributed by atoms with van der Waals surface area (Å²) in [5.41, 5.74) is -1.23. The highest BCUT2D eigenvalue weighted by Gasteiger charge is 2.53. The predicted molar refractivity (Wildman–Crippen MR) is 95.4 cm³/mol. The first-order chi connectivity index (χ1) is 12.5. The number of benzene rings is 2. The number of para-hydroxylation sites is 1. The molecule has 2 aromatic rings. The van der Waals surface area contributed by atoms with Gasteiger partial charge in [-0.3, -0.25) is 0 Å². The lowest BCUT2D eigenvalue weighted by atomic mass is 9.78. The lowest BCUT2D eigenvalue weighted by Gasteiger charge is -2.32. The van der Waals surface area contributed by atoms with Crippen LogP contribution in [0.15, 0.2) is 48.5 Å². The summed E-state index contributed by atoms with van der Waals surface area (Å²) in [5.74, 6) is 0.286. The third-order valence-corrected chi connectivity index (χ3v) is 4.70. The van der Waals surface area contributed by atoms with Crippen LogP contribution in [-0.4, -0.2) is 24.7 Å². The summed E-state index contributed by atoms with van der Waals surface area (Å²) in [5, 5.41) is 0. The minimum atomic E-state index is -4.86. The summed E-state index contributed by atoms with van der Waals surface area (Å²) in [7, 11) is -0.988. The average molecular weight is 380 g/mol. The minimum Gasteiger partial charge on any atom is -0.457 e. The lowest BCUT2D eigenvalue weighted by Crippen LogP contribution is -2.41. The highest BCUT2D eigenvalue weighted by molar-refractivity contribution is 6.63. The third kappa shape index (κ3) is 4.39. The first kappa shape index (κ1) is 19.6. The maximum absolute atomic E-state index is 12.9. The summed E-state index contributed by atoms with van der Waals surface area (Å²) < 4.78 is 60.3. The van der Waals surface area contributed by atoms with Gasteiger partial charge in [0.15, 0.2) is 0 Å². The van der Waals surface area contributed by atoms with Crippen molar-refractivity contribution >= 4 is 12.6 Å². The Kier molecular flexibility index (Phi) is 4.90. The van der Waals surface area contributed by atoms with Crippen LogP contribution in [0.4, 0.5) is 13.2 Å². The molecule has 27 heavy (non-hydrogen) atoms. The molecule has 2 aromatic carbocycles. The van der Waals surface area contributed by atoms with E-state index in [1.807, 2.05) is 33.8 Å². The Labute approximate surface area is 156 Å². The number of halogens is 3. The molecule has 1 aliphatic heterocycles. The van der Waals surface area contributed by atoms with Crippen LogP contribution in [0.3, 0.4) is 0 Å². The van der Waals surface area contributed by atoms with Crippen LogP contribution >= 0.6 is 0 Å². The van der Waals surface area contributed by atoms with Gasteiger partial charge in [0.25, 0.3) is 0 Å². The van der Waals surface area contributed by atoms with Crippen LogP contribution in [-0.2, 0) is 9.31 Å². The van der Waals surface area contributed by atoms with Gasteiger partial charge in [-0.05, 0) is 45.9 Å². The van der Waals surface area contributed by atoms with Crippen molar-refractivity contribution in [2.45, 2.75) is 45.3 Å². The Morgan fingerprint density at radius 1 is 0.852 bits per heavy atom. The molecule has 0 spiro atoms. The molecule has 3 rings (SSSR count). The smallest absolute Gasteiger partial charge is 0.457 e. The Morgan fingerprint density at radius 3 is 2.00 bits per heavy atom. The topological polar surface area (TPSA) is 36.9 Å². The molecule has 0 aromatic heterocycles. The highest BCUT2D eigenvalue weighted by atomic mass is 19.4. The minimum absolute atomic E-state index is 0.145. The fourth-order valence-corrected chi connectivity index (χ4v) is 2.58. The highest BCUT2D eigenvalue weighted by Crippen LogP contribution is 2.38. The van der Waals surface area contributed by atoms with E-state index in [9.17, 15) is 13.2 Å². The van der Waals surface area contributed by atoms with Crippen molar-refractivity contribution in [3.8, 4) is 17.2 Å². The largest absolute Gasteiger partial charge is 0.573 e. The summed E-state index contributed by atoms with van der Waals surface area (Å²) in [6.45, 7) is 7.29. The maximum atomic E-state index is 12.9. The van der Waals surface area contributed by atoms with Gasteiger partial charge in [0.2, 0.25) is 0 Å². The molecule has 1 heterocycles. The van der Waals surface area contributed by atoms with Gasteiger partial charge in [-0.1, -0.05) is 24.3 Å². The van der Waals surface area contributed by atoms with Gasteiger partial charge in [0.1, 0.15) is 17.2 Å². The fourth-order valence-electron chi connectivity index (χ4n) is 2.58. The van der Waals surface area contributed by atoms with Gasteiger partial charge in [-0.25, -0.2) is 0 Å². The van der Waals surface area contributed by atoms with E-state index >= 15 is 0 Å². The Balaban J connectivity index is 1.94. The van der Waals surface area contributed by atoms with E-state index in [4.69, 9.17) is 14.0 Å². The summed E-state index contributed by atoms with van der Waals surface area (Å²) in [6, 6.07) is 12.9. The predicted octanol–water partition coefficient (Wildman–Crippen LogP) is 4.68. The van der Waals surface area contributed by atoms with Crippen molar-refractivity contribution in [2.75, 3.05) is 0 Å². The van der Waals surface area contributed by atoms with Crippen molar-refractivity contribution in [3.63, 3.8) is 0 Å². The van der Waals surface area contributed by atoms with E-state index in [0.29, 0.717) is 5.75 Å². The average Bonchev–Trinajstić information content (AvgIpc) is 2.75. The van der Waals surface area contributed by atoms with Gasteiger partial charge >= 0.3 is 13.5 Å². The molecule has 0 amide bonds. The number of ether oxygens (including phenoxy) is 2. The van der Waals surface area contributed by atoms with Crippen LogP contribution < -0.4 is 14.9 Å². The van der Waals surface area contributed by atoms with Crippen molar-refractivity contribution < 1.29 is 32.0 Å². The molecule has 1 fully saturated rings. The second-order valence-corrected chi connectivity index (χ2v) is 7.25. The van der Waals surface area contributed by atoms with Gasteiger partial charge < -0.3 is 18.8 Å². The van der Waals surface area contributed by atoms with E-state index in [-0.39, 0.29) is 11.2 Å². The Bertz CT molecular complexity index is 790. The second kappa shape index (κ2) is 6.76.